The van der Waals surface area contributed by atoms with Gasteiger partial charge in [0.1, 0.15) is 0 Å². The molecule has 2 rings (SSSR count). The van der Waals surface area contributed by atoms with Crippen LogP contribution in [-0.2, 0) is 13.0 Å². The third kappa shape index (κ3) is 6.58. The second kappa shape index (κ2) is 9.84. The van der Waals surface area contributed by atoms with Crippen LogP contribution in [0.15, 0.2) is 36.7 Å². The lowest BCUT2D eigenvalue weighted by Gasteiger charge is -2.17. The molecule has 136 valence electrons. The van der Waals surface area contributed by atoms with Crippen LogP contribution in [0.25, 0.3) is 0 Å². The van der Waals surface area contributed by atoms with Crippen LogP contribution < -0.4 is 10.6 Å². The Labute approximate surface area is 150 Å². The maximum Gasteiger partial charge on any atom is 0.319 e. The number of carbonyl (C=O) groups excluding carboxylic acids is 1. The fourth-order valence-electron chi connectivity index (χ4n) is 2.63. The van der Waals surface area contributed by atoms with Crippen molar-refractivity contribution in [3.05, 3.63) is 47.8 Å². The summed E-state index contributed by atoms with van der Waals surface area (Å²) in [5, 5.41) is 9.89. The number of rotatable bonds is 9. The second-order valence-electron chi connectivity index (χ2n) is 6.14. The molecular weight excluding hydrogens is 314 g/mol. The fourth-order valence-corrected chi connectivity index (χ4v) is 2.63. The molecule has 2 amide bonds. The maximum absolute atomic E-state index is 11.9. The SMILES string of the molecule is CCN(CC)CCc1ccc(NC(=O)NCCn2cc(C)cn2)cc1. The Morgan fingerprint density at radius 1 is 1.20 bits per heavy atom. The van der Waals surface area contributed by atoms with Crippen LogP contribution in [0.2, 0.25) is 0 Å². The Balaban J connectivity index is 1.71. The molecule has 0 spiro atoms. The van der Waals surface area contributed by atoms with Crippen molar-refractivity contribution in [1.82, 2.24) is 20.0 Å². The number of nitrogens with one attached hydrogen (secondary N) is 2. The summed E-state index contributed by atoms with van der Waals surface area (Å²) >= 11 is 0. The first-order valence-corrected chi connectivity index (χ1v) is 8.96. The number of likely N-dealkylation sites (N-methyl/N-ethyl adjacent to an activating group) is 1. The van der Waals surface area contributed by atoms with Gasteiger partial charge in [0.25, 0.3) is 0 Å². The van der Waals surface area contributed by atoms with Gasteiger partial charge in [0.2, 0.25) is 0 Å². The Morgan fingerprint density at radius 3 is 2.52 bits per heavy atom. The normalized spacial score (nSPS) is 10.9. The van der Waals surface area contributed by atoms with E-state index in [9.17, 15) is 4.79 Å². The molecule has 6 heteroatoms. The Morgan fingerprint density at radius 2 is 1.92 bits per heavy atom. The van der Waals surface area contributed by atoms with Gasteiger partial charge in [-0.1, -0.05) is 26.0 Å². The van der Waals surface area contributed by atoms with Gasteiger partial charge in [0.15, 0.2) is 0 Å². The quantitative estimate of drug-likeness (QED) is 0.736. The molecule has 1 aromatic heterocycles. The number of benzene rings is 1. The van der Waals surface area contributed by atoms with Crippen LogP contribution in [0, 0.1) is 6.92 Å². The van der Waals surface area contributed by atoms with Gasteiger partial charge in [-0.25, -0.2) is 4.79 Å². The number of hydrogen-bond acceptors (Lipinski definition) is 3. The molecule has 6 nitrogen and oxygen atoms in total. The monoisotopic (exact) mass is 343 g/mol. The smallest absolute Gasteiger partial charge is 0.319 e. The van der Waals surface area contributed by atoms with Crippen molar-refractivity contribution in [3.8, 4) is 0 Å². The van der Waals surface area contributed by atoms with E-state index >= 15 is 0 Å². The summed E-state index contributed by atoms with van der Waals surface area (Å²) in [6, 6.07) is 7.86. The molecule has 0 aliphatic carbocycles. The summed E-state index contributed by atoms with van der Waals surface area (Å²) in [7, 11) is 0. The molecule has 0 fully saturated rings. The number of anilines is 1. The van der Waals surface area contributed by atoms with Gasteiger partial charge in [0, 0.05) is 25.0 Å². The van der Waals surface area contributed by atoms with Crippen LogP contribution in [0.3, 0.4) is 0 Å². The number of aryl methyl sites for hydroxylation is 1. The number of amides is 2. The Bertz CT molecular complexity index is 646. The second-order valence-corrected chi connectivity index (χ2v) is 6.14. The summed E-state index contributed by atoms with van der Waals surface area (Å²) in [6.07, 6.45) is 4.79. The summed E-state index contributed by atoms with van der Waals surface area (Å²) in [5.41, 5.74) is 3.21. The van der Waals surface area contributed by atoms with Crippen molar-refractivity contribution < 1.29 is 4.79 Å². The number of hydrogen-bond donors (Lipinski definition) is 2. The number of nitrogens with zero attached hydrogens (tertiary/aromatic N) is 3. The molecule has 2 aromatic rings. The summed E-state index contributed by atoms with van der Waals surface area (Å²) in [6.45, 7) is 10.8. The number of carbonyl (C=O) groups is 1. The highest BCUT2D eigenvalue weighted by molar-refractivity contribution is 5.89. The fraction of sp³-hybridized carbons (Fsp3) is 0.474. The van der Waals surface area contributed by atoms with E-state index in [0.717, 1.165) is 37.3 Å². The third-order valence-corrected chi connectivity index (χ3v) is 4.21. The first-order valence-electron chi connectivity index (χ1n) is 8.96. The van der Waals surface area contributed by atoms with Gasteiger partial charge < -0.3 is 15.5 Å². The molecule has 0 atom stereocenters. The largest absolute Gasteiger partial charge is 0.336 e. The molecular formula is C19H29N5O. The first kappa shape index (κ1) is 19.0. The molecule has 0 saturated heterocycles. The van der Waals surface area contributed by atoms with Crippen molar-refractivity contribution in [2.24, 2.45) is 0 Å². The summed E-state index contributed by atoms with van der Waals surface area (Å²) in [5.74, 6) is 0. The van der Waals surface area contributed by atoms with E-state index in [4.69, 9.17) is 0 Å². The highest BCUT2D eigenvalue weighted by Gasteiger charge is 2.03. The van der Waals surface area contributed by atoms with Crippen LogP contribution in [-0.4, -0.2) is 46.9 Å². The molecule has 0 aliphatic rings. The van der Waals surface area contributed by atoms with E-state index in [-0.39, 0.29) is 6.03 Å². The highest BCUT2D eigenvalue weighted by Crippen LogP contribution is 2.10. The minimum Gasteiger partial charge on any atom is -0.336 e. The lowest BCUT2D eigenvalue weighted by atomic mass is 10.1. The first-order chi connectivity index (χ1) is 12.1. The molecule has 0 radical (unpaired) electrons. The molecule has 1 heterocycles. The van der Waals surface area contributed by atoms with Crippen molar-refractivity contribution in [2.45, 2.75) is 33.7 Å². The van der Waals surface area contributed by atoms with Crippen molar-refractivity contribution in [3.63, 3.8) is 0 Å². The zero-order valence-corrected chi connectivity index (χ0v) is 15.5. The minimum atomic E-state index is -0.195. The lowest BCUT2D eigenvalue weighted by molar-refractivity contribution is 0.251. The van der Waals surface area contributed by atoms with Gasteiger partial charge in [-0.05, 0) is 49.7 Å². The zero-order valence-electron chi connectivity index (χ0n) is 15.5. The Hall–Kier alpha value is -2.34. The van der Waals surface area contributed by atoms with Crippen molar-refractivity contribution in [1.29, 1.82) is 0 Å². The molecule has 0 aliphatic heterocycles. The van der Waals surface area contributed by atoms with Gasteiger partial charge in [-0.2, -0.15) is 5.10 Å². The predicted molar refractivity (Wildman–Crippen MR) is 102 cm³/mol. The van der Waals surface area contributed by atoms with Gasteiger partial charge >= 0.3 is 6.03 Å². The minimum absolute atomic E-state index is 0.195. The van der Waals surface area contributed by atoms with E-state index in [1.54, 1.807) is 0 Å². The van der Waals surface area contributed by atoms with Crippen LogP contribution in [0.4, 0.5) is 10.5 Å². The van der Waals surface area contributed by atoms with Crippen LogP contribution in [0.5, 0.6) is 0 Å². The molecule has 1 aromatic carbocycles. The third-order valence-electron chi connectivity index (χ3n) is 4.21. The standard InChI is InChI=1S/C19H29N5O/c1-4-23(5-2)12-10-17-6-8-18(9-7-17)22-19(25)20-11-13-24-15-16(3)14-21-24/h6-9,14-15H,4-5,10-13H2,1-3H3,(H2,20,22,25). The molecule has 0 unspecified atom stereocenters. The maximum atomic E-state index is 11.9. The average molecular weight is 343 g/mol. The van der Waals surface area contributed by atoms with Crippen molar-refractivity contribution >= 4 is 11.7 Å². The highest BCUT2D eigenvalue weighted by atomic mass is 16.2. The van der Waals surface area contributed by atoms with E-state index < -0.39 is 0 Å². The van der Waals surface area contributed by atoms with E-state index in [0.29, 0.717) is 13.1 Å². The van der Waals surface area contributed by atoms with E-state index in [1.165, 1.54) is 5.56 Å². The lowest BCUT2D eigenvalue weighted by Crippen LogP contribution is -2.31. The van der Waals surface area contributed by atoms with Gasteiger partial charge in [-0.15, -0.1) is 0 Å². The van der Waals surface area contributed by atoms with Gasteiger partial charge in [0.05, 0.1) is 12.7 Å². The molecule has 25 heavy (non-hydrogen) atoms. The molecule has 0 bridgehead atoms. The van der Waals surface area contributed by atoms with Crippen LogP contribution >= 0.6 is 0 Å². The summed E-state index contributed by atoms with van der Waals surface area (Å²) in [4.78, 5) is 14.3. The number of aromatic nitrogens is 2. The molecule has 0 saturated carbocycles. The average Bonchev–Trinajstić information content (AvgIpc) is 3.02. The van der Waals surface area contributed by atoms with E-state index in [2.05, 4.69) is 46.6 Å². The van der Waals surface area contributed by atoms with Gasteiger partial charge in [-0.3, -0.25) is 4.68 Å². The topological polar surface area (TPSA) is 62.2 Å². The zero-order chi connectivity index (χ0) is 18.1. The van der Waals surface area contributed by atoms with Crippen molar-refractivity contribution in [2.75, 3.05) is 31.5 Å². The summed E-state index contributed by atoms with van der Waals surface area (Å²) < 4.78 is 1.82. The number of urea groups is 1. The van der Waals surface area contributed by atoms with E-state index in [1.807, 2.05) is 36.1 Å². The Kier molecular flexibility index (Phi) is 7.47. The molecule has 2 N–H and O–H groups in total. The predicted octanol–water partition coefficient (Wildman–Crippen LogP) is 2.90. The van der Waals surface area contributed by atoms with Crippen LogP contribution in [0.1, 0.15) is 25.0 Å².